The minimum absolute atomic E-state index is 0.0242. The lowest BCUT2D eigenvalue weighted by atomic mass is 10.2. The van der Waals surface area contributed by atoms with E-state index in [0.29, 0.717) is 29.7 Å². The Morgan fingerprint density at radius 3 is 2.80 bits per heavy atom. The first kappa shape index (κ1) is 14.4. The fourth-order valence-electron chi connectivity index (χ4n) is 1.84. The quantitative estimate of drug-likeness (QED) is 0.886. The molecule has 0 atom stereocenters. The van der Waals surface area contributed by atoms with Gasteiger partial charge in [0.2, 0.25) is 0 Å². The molecule has 106 valence electrons. The first-order valence-electron chi connectivity index (χ1n) is 6.19. The van der Waals surface area contributed by atoms with Crippen LogP contribution in [0.25, 0.3) is 0 Å². The molecule has 0 saturated heterocycles. The summed E-state index contributed by atoms with van der Waals surface area (Å²) in [6.45, 7) is 2.62. The number of carbonyl (C=O) groups is 1. The standard InChI is InChI=1S/C14H15ClN2O3/c1-10-8-13(16-20-10)17(7-6-14(18)19)9-11-4-2-3-5-12(11)15/h2-5,8H,6-7,9H2,1H3,(H,18,19). The number of aliphatic carboxylic acids is 1. The van der Waals surface area contributed by atoms with Crippen LogP contribution >= 0.6 is 11.6 Å². The molecule has 1 N–H and O–H groups in total. The van der Waals surface area contributed by atoms with Gasteiger partial charge in [0.1, 0.15) is 5.76 Å². The summed E-state index contributed by atoms with van der Waals surface area (Å²) in [6, 6.07) is 9.24. The van der Waals surface area contributed by atoms with Gasteiger partial charge in [-0.1, -0.05) is 35.0 Å². The Morgan fingerprint density at radius 2 is 2.20 bits per heavy atom. The number of hydrogen-bond acceptors (Lipinski definition) is 4. The van der Waals surface area contributed by atoms with Crippen LogP contribution in [0.2, 0.25) is 5.02 Å². The zero-order valence-electron chi connectivity index (χ0n) is 11.0. The van der Waals surface area contributed by atoms with E-state index in [1.807, 2.05) is 23.1 Å². The summed E-state index contributed by atoms with van der Waals surface area (Å²) in [4.78, 5) is 12.6. The maximum absolute atomic E-state index is 10.8. The van der Waals surface area contributed by atoms with Crippen LogP contribution in [-0.4, -0.2) is 22.8 Å². The van der Waals surface area contributed by atoms with Crippen LogP contribution in [0.5, 0.6) is 0 Å². The summed E-state index contributed by atoms with van der Waals surface area (Å²) in [5.41, 5.74) is 0.917. The summed E-state index contributed by atoms with van der Waals surface area (Å²) < 4.78 is 5.05. The van der Waals surface area contributed by atoms with Gasteiger partial charge in [0.25, 0.3) is 0 Å². The Labute approximate surface area is 121 Å². The molecule has 2 aromatic rings. The van der Waals surface area contributed by atoms with Gasteiger partial charge in [-0.15, -0.1) is 0 Å². The van der Waals surface area contributed by atoms with E-state index in [9.17, 15) is 4.79 Å². The average molecular weight is 295 g/mol. The minimum Gasteiger partial charge on any atom is -0.481 e. The molecule has 2 rings (SSSR count). The number of aryl methyl sites for hydroxylation is 1. The first-order chi connectivity index (χ1) is 9.56. The third kappa shape index (κ3) is 3.74. The Balaban J connectivity index is 2.18. The van der Waals surface area contributed by atoms with E-state index < -0.39 is 5.97 Å². The molecule has 1 aromatic heterocycles. The number of rotatable bonds is 6. The molecular weight excluding hydrogens is 280 g/mol. The molecule has 0 saturated carbocycles. The van der Waals surface area contributed by atoms with Crippen molar-refractivity contribution in [3.05, 3.63) is 46.7 Å². The topological polar surface area (TPSA) is 66.6 Å². The number of hydrogen-bond donors (Lipinski definition) is 1. The van der Waals surface area contributed by atoms with Gasteiger partial charge in [-0.05, 0) is 18.6 Å². The molecule has 0 radical (unpaired) electrons. The van der Waals surface area contributed by atoms with Crippen LogP contribution in [0.1, 0.15) is 17.7 Å². The number of benzene rings is 1. The summed E-state index contributed by atoms with van der Waals surface area (Å²) in [5, 5.41) is 13.4. The summed E-state index contributed by atoms with van der Waals surface area (Å²) in [6.07, 6.45) is 0.0242. The van der Waals surface area contributed by atoms with Crippen molar-refractivity contribution in [3.8, 4) is 0 Å². The zero-order valence-corrected chi connectivity index (χ0v) is 11.8. The van der Waals surface area contributed by atoms with Crippen molar-refractivity contribution in [3.63, 3.8) is 0 Å². The van der Waals surface area contributed by atoms with Crippen LogP contribution in [0.4, 0.5) is 5.82 Å². The molecule has 1 heterocycles. The molecule has 20 heavy (non-hydrogen) atoms. The van der Waals surface area contributed by atoms with Gasteiger partial charge in [0.05, 0.1) is 6.42 Å². The van der Waals surface area contributed by atoms with Crippen LogP contribution in [0, 0.1) is 6.92 Å². The van der Waals surface area contributed by atoms with Crippen molar-refractivity contribution in [1.82, 2.24) is 5.16 Å². The molecule has 5 nitrogen and oxygen atoms in total. The maximum atomic E-state index is 10.8. The lowest BCUT2D eigenvalue weighted by molar-refractivity contribution is -0.136. The Bertz CT molecular complexity index is 598. The highest BCUT2D eigenvalue weighted by Crippen LogP contribution is 2.21. The third-order valence-electron chi connectivity index (χ3n) is 2.85. The van der Waals surface area contributed by atoms with Gasteiger partial charge in [-0.2, -0.15) is 0 Å². The first-order valence-corrected chi connectivity index (χ1v) is 6.57. The van der Waals surface area contributed by atoms with Gasteiger partial charge in [-0.25, -0.2) is 0 Å². The van der Waals surface area contributed by atoms with Gasteiger partial charge < -0.3 is 14.5 Å². The fraction of sp³-hybridized carbons (Fsp3) is 0.286. The van der Waals surface area contributed by atoms with Crippen molar-refractivity contribution in [2.24, 2.45) is 0 Å². The molecule has 0 spiro atoms. The monoisotopic (exact) mass is 294 g/mol. The van der Waals surface area contributed by atoms with Crippen molar-refractivity contribution < 1.29 is 14.4 Å². The zero-order chi connectivity index (χ0) is 14.5. The summed E-state index contributed by atoms with van der Waals surface area (Å²) in [5.74, 6) is 0.442. The molecule has 0 unspecified atom stereocenters. The largest absolute Gasteiger partial charge is 0.481 e. The summed E-state index contributed by atoms with van der Waals surface area (Å²) in [7, 11) is 0. The second-order valence-corrected chi connectivity index (χ2v) is 4.86. The number of anilines is 1. The highest BCUT2D eigenvalue weighted by atomic mass is 35.5. The normalized spacial score (nSPS) is 10.5. The maximum Gasteiger partial charge on any atom is 0.305 e. The Kier molecular flexibility index (Phi) is 4.63. The van der Waals surface area contributed by atoms with E-state index in [1.165, 1.54) is 0 Å². The lowest BCUT2D eigenvalue weighted by Crippen LogP contribution is -2.26. The predicted octanol–water partition coefficient (Wildman–Crippen LogP) is 3.12. The Morgan fingerprint density at radius 1 is 1.45 bits per heavy atom. The fourth-order valence-corrected chi connectivity index (χ4v) is 2.04. The van der Waals surface area contributed by atoms with Crippen molar-refractivity contribution in [1.29, 1.82) is 0 Å². The van der Waals surface area contributed by atoms with Gasteiger partial charge in [0, 0.05) is 24.2 Å². The van der Waals surface area contributed by atoms with E-state index in [2.05, 4.69) is 5.16 Å². The minimum atomic E-state index is -0.852. The molecule has 6 heteroatoms. The average Bonchev–Trinajstić information content (AvgIpc) is 2.83. The highest BCUT2D eigenvalue weighted by Gasteiger charge is 2.14. The third-order valence-corrected chi connectivity index (χ3v) is 3.22. The number of aromatic nitrogens is 1. The summed E-state index contributed by atoms with van der Waals surface area (Å²) >= 11 is 6.14. The molecule has 0 amide bonds. The predicted molar refractivity (Wildman–Crippen MR) is 76.0 cm³/mol. The van der Waals surface area contributed by atoms with Crippen LogP contribution < -0.4 is 4.90 Å². The Hall–Kier alpha value is -2.01. The van der Waals surface area contributed by atoms with E-state index >= 15 is 0 Å². The van der Waals surface area contributed by atoms with E-state index in [-0.39, 0.29) is 6.42 Å². The number of carboxylic acids is 1. The van der Waals surface area contributed by atoms with Crippen molar-refractivity contribution in [2.75, 3.05) is 11.4 Å². The number of halogens is 1. The van der Waals surface area contributed by atoms with Gasteiger partial charge in [0.15, 0.2) is 5.82 Å². The molecule has 0 fully saturated rings. The lowest BCUT2D eigenvalue weighted by Gasteiger charge is -2.21. The SMILES string of the molecule is Cc1cc(N(CCC(=O)O)Cc2ccccc2Cl)no1. The van der Waals surface area contributed by atoms with Gasteiger partial charge >= 0.3 is 5.97 Å². The molecule has 0 aliphatic rings. The molecular formula is C14H15ClN2O3. The smallest absolute Gasteiger partial charge is 0.305 e. The second kappa shape index (κ2) is 6.43. The molecule has 0 bridgehead atoms. The van der Waals surface area contributed by atoms with Crippen LogP contribution in [0.3, 0.4) is 0 Å². The number of carboxylic acid groups (broad SMARTS) is 1. The molecule has 0 aliphatic heterocycles. The van der Waals surface area contributed by atoms with Crippen LogP contribution in [0.15, 0.2) is 34.9 Å². The van der Waals surface area contributed by atoms with Crippen molar-refractivity contribution in [2.45, 2.75) is 19.9 Å². The van der Waals surface area contributed by atoms with E-state index in [0.717, 1.165) is 5.56 Å². The van der Waals surface area contributed by atoms with E-state index in [4.69, 9.17) is 21.2 Å². The molecule has 0 aliphatic carbocycles. The highest BCUT2D eigenvalue weighted by molar-refractivity contribution is 6.31. The van der Waals surface area contributed by atoms with Gasteiger partial charge in [-0.3, -0.25) is 4.79 Å². The van der Waals surface area contributed by atoms with Crippen molar-refractivity contribution >= 4 is 23.4 Å². The number of nitrogens with zero attached hydrogens (tertiary/aromatic N) is 2. The van der Waals surface area contributed by atoms with Crippen LogP contribution in [-0.2, 0) is 11.3 Å². The molecule has 1 aromatic carbocycles. The second-order valence-electron chi connectivity index (χ2n) is 4.45. The van der Waals surface area contributed by atoms with E-state index in [1.54, 1.807) is 19.1 Å².